The fourth-order valence-corrected chi connectivity index (χ4v) is 5.24. The lowest BCUT2D eigenvalue weighted by Crippen LogP contribution is -2.44. The quantitative estimate of drug-likeness (QED) is 0.265. The molecule has 0 unspecified atom stereocenters. The summed E-state index contributed by atoms with van der Waals surface area (Å²) < 4.78 is 50.7. The second-order valence-corrected chi connectivity index (χ2v) is 11.3. The SMILES string of the molecule is COc1ncnc(C2CC2)c1-c1ncc2c(n1)N(Cc1ccc(-c3nc(C(C)(F)F)cn3C(C)C)c(F)c1)CC(=O)N2C. The van der Waals surface area contributed by atoms with Crippen LogP contribution in [0.25, 0.3) is 22.8 Å². The van der Waals surface area contributed by atoms with Crippen molar-refractivity contribution in [3.8, 4) is 28.7 Å². The number of ether oxygens (including phenoxy) is 1. The molecule has 0 bridgehead atoms. The lowest BCUT2D eigenvalue weighted by molar-refractivity contribution is -0.117. The van der Waals surface area contributed by atoms with E-state index in [4.69, 9.17) is 9.72 Å². The predicted molar refractivity (Wildman–Crippen MR) is 154 cm³/mol. The van der Waals surface area contributed by atoms with Crippen molar-refractivity contribution in [2.45, 2.75) is 58.0 Å². The van der Waals surface area contributed by atoms with Gasteiger partial charge in [-0.2, -0.15) is 8.78 Å². The van der Waals surface area contributed by atoms with Crippen LogP contribution in [0.1, 0.15) is 62.5 Å². The number of hydrogen-bond acceptors (Lipinski definition) is 8. The molecule has 3 aromatic heterocycles. The maximum atomic E-state index is 15.6. The molecule has 0 radical (unpaired) electrons. The molecule has 1 saturated carbocycles. The average Bonchev–Trinajstić information content (AvgIpc) is 3.71. The van der Waals surface area contributed by atoms with Gasteiger partial charge in [-0.25, -0.2) is 29.3 Å². The normalized spacial score (nSPS) is 15.3. The zero-order valence-corrected chi connectivity index (χ0v) is 24.5. The van der Waals surface area contributed by atoms with Gasteiger partial charge in [-0.1, -0.05) is 6.07 Å². The fraction of sp³-hybridized carbons (Fsp3) is 0.400. The highest BCUT2D eigenvalue weighted by Crippen LogP contribution is 2.45. The first kappa shape index (κ1) is 28.6. The second kappa shape index (κ2) is 10.6. The van der Waals surface area contributed by atoms with Crippen molar-refractivity contribution in [3.05, 3.63) is 59.7 Å². The molecule has 1 aromatic carbocycles. The highest BCUT2D eigenvalue weighted by Gasteiger charge is 2.34. The van der Waals surface area contributed by atoms with E-state index in [1.165, 1.54) is 41.2 Å². The van der Waals surface area contributed by atoms with E-state index in [0.29, 0.717) is 34.3 Å². The fourth-order valence-electron chi connectivity index (χ4n) is 5.24. The van der Waals surface area contributed by atoms with E-state index in [-0.39, 0.29) is 42.3 Å². The van der Waals surface area contributed by atoms with Crippen LogP contribution in [0.5, 0.6) is 5.88 Å². The van der Waals surface area contributed by atoms with Crippen molar-refractivity contribution >= 4 is 17.4 Å². The van der Waals surface area contributed by atoms with Crippen LogP contribution in [0.2, 0.25) is 0 Å². The van der Waals surface area contributed by atoms with Gasteiger partial charge >= 0.3 is 0 Å². The summed E-state index contributed by atoms with van der Waals surface area (Å²) in [5.41, 5.74) is 2.19. The topological polar surface area (TPSA) is 102 Å². The average molecular weight is 593 g/mol. The molecule has 43 heavy (non-hydrogen) atoms. The number of amides is 1. The van der Waals surface area contributed by atoms with Gasteiger partial charge in [-0.05, 0) is 44.4 Å². The first-order chi connectivity index (χ1) is 20.5. The second-order valence-electron chi connectivity index (χ2n) is 11.3. The number of methoxy groups -OCH3 is 1. The number of carbonyl (C=O) groups excluding carboxylic acids is 1. The van der Waals surface area contributed by atoms with Crippen molar-refractivity contribution in [1.29, 1.82) is 0 Å². The van der Waals surface area contributed by atoms with E-state index in [2.05, 4.69) is 19.9 Å². The van der Waals surface area contributed by atoms with Gasteiger partial charge in [-0.15, -0.1) is 0 Å². The van der Waals surface area contributed by atoms with Crippen molar-refractivity contribution in [1.82, 2.24) is 29.5 Å². The number of benzene rings is 1. The van der Waals surface area contributed by atoms with Crippen molar-refractivity contribution in [3.63, 3.8) is 0 Å². The smallest absolute Gasteiger partial charge is 0.288 e. The monoisotopic (exact) mass is 592 g/mol. The van der Waals surface area contributed by atoms with Crippen molar-refractivity contribution in [2.75, 3.05) is 30.5 Å². The van der Waals surface area contributed by atoms with E-state index in [1.807, 2.05) is 13.8 Å². The summed E-state index contributed by atoms with van der Waals surface area (Å²) in [6.07, 6.45) is 6.32. The Hall–Kier alpha value is -4.55. The van der Waals surface area contributed by atoms with Crippen LogP contribution in [0.4, 0.5) is 24.7 Å². The number of nitrogens with zero attached hydrogens (tertiary/aromatic N) is 8. The van der Waals surface area contributed by atoms with Crippen molar-refractivity contribution < 1.29 is 22.7 Å². The molecule has 10 nitrogen and oxygen atoms in total. The van der Waals surface area contributed by atoms with E-state index in [9.17, 15) is 13.6 Å². The number of hydrogen-bond donors (Lipinski definition) is 0. The number of rotatable bonds is 8. The van der Waals surface area contributed by atoms with Gasteiger partial charge in [0.25, 0.3) is 5.92 Å². The predicted octanol–water partition coefficient (Wildman–Crippen LogP) is 5.50. The third-order valence-electron chi connectivity index (χ3n) is 7.72. The van der Waals surface area contributed by atoms with Gasteiger partial charge in [0.1, 0.15) is 34.9 Å². The summed E-state index contributed by atoms with van der Waals surface area (Å²) >= 11 is 0. The summed E-state index contributed by atoms with van der Waals surface area (Å²) in [4.78, 5) is 38.4. The highest BCUT2D eigenvalue weighted by atomic mass is 19.3. The molecule has 1 aliphatic carbocycles. The lowest BCUT2D eigenvalue weighted by Gasteiger charge is -2.34. The Morgan fingerprint density at radius 1 is 1.14 bits per heavy atom. The molecule has 4 heterocycles. The number of fused-ring (bicyclic) bond motifs is 1. The minimum absolute atomic E-state index is 0.00787. The summed E-state index contributed by atoms with van der Waals surface area (Å²) in [5, 5.41) is 0. The first-order valence-electron chi connectivity index (χ1n) is 14.0. The van der Waals surface area contributed by atoms with Gasteiger partial charge in [0.2, 0.25) is 11.8 Å². The number of alkyl halides is 2. The van der Waals surface area contributed by atoms with Crippen LogP contribution in [-0.2, 0) is 17.3 Å². The summed E-state index contributed by atoms with van der Waals surface area (Å²) in [5.74, 6) is -2.32. The Bertz CT molecular complexity index is 1710. The number of halogens is 3. The summed E-state index contributed by atoms with van der Waals surface area (Å²) in [6.45, 7) is 4.57. The van der Waals surface area contributed by atoms with E-state index in [1.54, 1.807) is 24.2 Å². The molecule has 4 aromatic rings. The lowest BCUT2D eigenvalue weighted by atomic mass is 10.1. The Labute approximate surface area is 246 Å². The molecule has 0 N–H and O–H groups in total. The maximum absolute atomic E-state index is 15.6. The first-order valence-corrected chi connectivity index (χ1v) is 14.0. The Morgan fingerprint density at radius 2 is 1.91 bits per heavy atom. The van der Waals surface area contributed by atoms with Crippen LogP contribution in [0, 0.1) is 5.82 Å². The summed E-state index contributed by atoms with van der Waals surface area (Å²) in [7, 11) is 3.18. The molecule has 0 spiro atoms. The Morgan fingerprint density at radius 3 is 2.56 bits per heavy atom. The maximum Gasteiger partial charge on any atom is 0.288 e. The van der Waals surface area contributed by atoms with E-state index >= 15 is 4.39 Å². The number of anilines is 2. The van der Waals surface area contributed by atoms with E-state index in [0.717, 1.165) is 25.5 Å². The Balaban J connectivity index is 1.36. The van der Waals surface area contributed by atoms with Gasteiger partial charge in [0.15, 0.2) is 11.6 Å². The summed E-state index contributed by atoms with van der Waals surface area (Å²) in [6, 6.07) is 4.35. The van der Waals surface area contributed by atoms with Crippen LogP contribution in [-0.4, -0.2) is 56.1 Å². The molecule has 2 aliphatic rings. The van der Waals surface area contributed by atoms with Crippen LogP contribution in [0.15, 0.2) is 36.9 Å². The molecule has 224 valence electrons. The molecule has 0 saturated heterocycles. The largest absolute Gasteiger partial charge is 0.480 e. The minimum atomic E-state index is -3.16. The van der Waals surface area contributed by atoms with Crippen LogP contribution >= 0.6 is 0 Å². The molecule has 1 amide bonds. The molecule has 1 fully saturated rings. The third-order valence-corrected chi connectivity index (χ3v) is 7.72. The Kier molecular flexibility index (Phi) is 7.05. The number of carbonyl (C=O) groups is 1. The standard InChI is InChI=1S/C30H31F3N8O2/c1-16(2)41-13-22(30(3,32)33)37-27(41)19-9-6-17(10-20(19)31)12-40-14-23(42)39(4)21-11-34-26(38-28(21)40)24-25(18-7-8-18)35-15-36-29(24)43-5/h6,9-11,13,15-16,18H,7-8,12,14H2,1-5H3. The van der Waals surface area contributed by atoms with E-state index < -0.39 is 17.4 Å². The highest BCUT2D eigenvalue weighted by molar-refractivity contribution is 6.02. The van der Waals surface area contributed by atoms with Crippen LogP contribution in [0.3, 0.4) is 0 Å². The van der Waals surface area contributed by atoms with Crippen molar-refractivity contribution in [2.24, 2.45) is 0 Å². The molecular weight excluding hydrogens is 561 g/mol. The zero-order valence-electron chi connectivity index (χ0n) is 24.5. The van der Waals surface area contributed by atoms with Gasteiger partial charge < -0.3 is 19.1 Å². The molecule has 6 rings (SSSR count). The van der Waals surface area contributed by atoms with Crippen LogP contribution < -0.4 is 14.5 Å². The van der Waals surface area contributed by atoms with Gasteiger partial charge in [0, 0.05) is 38.7 Å². The third kappa shape index (κ3) is 5.28. The molecule has 1 aliphatic heterocycles. The molecule has 0 atom stereocenters. The molecular formula is C30H31F3N8O2. The number of aromatic nitrogens is 6. The molecule has 13 heteroatoms. The number of likely N-dealkylation sites (N-methyl/N-ethyl adjacent to an activating group) is 1. The minimum Gasteiger partial charge on any atom is -0.480 e. The number of imidazole rings is 1. The zero-order chi connectivity index (χ0) is 30.6. The van der Waals surface area contributed by atoms with Gasteiger partial charge in [0.05, 0.1) is 31.1 Å². The van der Waals surface area contributed by atoms with Gasteiger partial charge in [-0.3, -0.25) is 4.79 Å².